The van der Waals surface area contributed by atoms with Crippen molar-refractivity contribution in [3.05, 3.63) is 0 Å². The van der Waals surface area contributed by atoms with Gasteiger partial charge in [0.15, 0.2) is 0 Å². The second-order valence-electron chi connectivity index (χ2n) is 7.19. The molecule has 0 unspecified atom stereocenters. The molecule has 0 aromatic rings. The lowest BCUT2D eigenvalue weighted by atomic mass is 10.0. The Labute approximate surface area is 145 Å². The number of hydrogen-bond donors (Lipinski definition) is 1. The minimum Gasteiger partial charge on any atom is -0.297 e. The van der Waals surface area contributed by atoms with Crippen LogP contribution in [0, 0.1) is 0 Å². The molecule has 0 aromatic heterocycles. The quantitative estimate of drug-likeness (QED) is 0.286. The van der Waals surface area contributed by atoms with Gasteiger partial charge in [-0.25, -0.2) is 5.84 Å². The first kappa shape index (κ1) is 20.5. The molecule has 2 N–H and O–H groups in total. The number of nitrogens with two attached hydrogens (primary N) is 1. The van der Waals surface area contributed by atoms with E-state index in [1.807, 2.05) is 5.01 Å². The van der Waals surface area contributed by atoms with E-state index in [2.05, 4.69) is 11.9 Å². The van der Waals surface area contributed by atoms with Crippen molar-refractivity contribution in [3.8, 4) is 0 Å². The molecule has 0 amide bonds. The molecule has 1 heterocycles. The summed E-state index contributed by atoms with van der Waals surface area (Å²) in [6.07, 6.45) is 22.3. The molecular formula is C20H41N3. The van der Waals surface area contributed by atoms with Crippen LogP contribution in [0.2, 0.25) is 0 Å². The Morgan fingerprint density at radius 3 is 1.57 bits per heavy atom. The molecule has 0 aliphatic carbocycles. The number of amidine groups is 1. The van der Waals surface area contributed by atoms with E-state index in [9.17, 15) is 0 Å². The van der Waals surface area contributed by atoms with Crippen LogP contribution in [-0.2, 0) is 0 Å². The van der Waals surface area contributed by atoms with Gasteiger partial charge in [0.25, 0.3) is 0 Å². The van der Waals surface area contributed by atoms with Crippen molar-refractivity contribution in [2.75, 3.05) is 13.1 Å². The highest BCUT2D eigenvalue weighted by atomic mass is 15.4. The van der Waals surface area contributed by atoms with Crippen molar-refractivity contribution in [2.24, 2.45) is 10.8 Å². The van der Waals surface area contributed by atoms with E-state index in [0.29, 0.717) is 0 Å². The van der Waals surface area contributed by atoms with Gasteiger partial charge in [-0.05, 0) is 6.42 Å². The van der Waals surface area contributed by atoms with Crippen LogP contribution in [0.1, 0.15) is 110 Å². The number of hydrazine groups is 1. The first-order valence-corrected chi connectivity index (χ1v) is 10.4. The van der Waals surface area contributed by atoms with Crippen LogP contribution in [0.25, 0.3) is 0 Å². The van der Waals surface area contributed by atoms with Crippen molar-refractivity contribution < 1.29 is 0 Å². The minimum absolute atomic E-state index is 0.893. The van der Waals surface area contributed by atoms with Crippen molar-refractivity contribution >= 4 is 5.84 Å². The van der Waals surface area contributed by atoms with Crippen LogP contribution in [0.15, 0.2) is 4.99 Å². The fraction of sp³-hybridized carbons (Fsp3) is 0.950. The van der Waals surface area contributed by atoms with Gasteiger partial charge in [0, 0.05) is 6.42 Å². The molecule has 1 rings (SSSR count). The Morgan fingerprint density at radius 1 is 0.739 bits per heavy atom. The van der Waals surface area contributed by atoms with Crippen LogP contribution >= 0.6 is 0 Å². The molecule has 0 atom stereocenters. The van der Waals surface area contributed by atoms with E-state index in [1.54, 1.807) is 0 Å². The third kappa shape index (κ3) is 11.6. The van der Waals surface area contributed by atoms with Gasteiger partial charge in [-0.15, -0.1) is 0 Å². The normalized spacial score (nSPS) is 14.5. The summed E-state index contributed by atoms with van der Waals surface area (Å²) in [5, 5.41) is 1.82. The zero-order chi connectivity index (χ0) is 16.6. The van der Waals surface area contributed by atoms with E-state index in [1.165, 1.54) is 96.3 Å². The Kier molecular flexibility index (Phi) is 13.3. The fourth-order valence-electron chi connectivity index (χ4n) is 3.38. The lowest BCUT2D eigenvalue weighted by Crippen LogP contribution is -2.34. The molecule has 0 saturated carbocycles. The molecular weight excluding hydrogens is 282 g/mol. The highest BCUT2D eigenvalue weighted by molar-refractivity contribution is 5.83. The average Bonchev–Trinajstić information content (AvgIpc) is 2.96. The second kappa shape index (κ2) is 15.0. The zero-order valence-electron chi connectivity index (χ0n) is 15.7. The maximum atomic E-state index is 5.84. The Bertz CT molecular complexity index is 289. The lowest BCUT2D eigenvalue weighted by molar-refractivity contribution is 0.469. The summed E-state index contributed by atoms with van der Waals surface area (Å²) in [6.45, 7) is 4.09. The van der Waals surface area contributed by atoms with Gasteiger partial charge in [-0.2, -0.15) is 0 Å². The predicted molar refractivity (Wildman–Crippen MR) is 103 cm³/mol. The molecule has 0 radical (unpaired) electrons. The highest BCUT2D eigenvalue weighted by Gasteiger charge is 2.11. The zero-order valence-corrected chi connectivity index (χ0v) is 15.7. The van der Waals surface area contributed by atoms with E-state index in [0.717, 1.165) is 25.3 Å². The molecule has 0 aromatic carbocycles. The van der Waals surface area contributed by atoms with Gasteiger partial charge in [0.1, 0.15) is 5.84 Å². The third-order valence-corrected chi connectivity index (χ3v) is 4.97. The average molecular weight is 324 g/mol. The van der Waals surface area contributed by atoms with Crippen LogP contribution in [0.4, 0.5) is 0 Å². The van der Waals surface area contributed by atoms with Crippen molar-refractivity contribution in [1.29, 1.82) is 0 Å². The Balaban J connectivity index is 1.70. The first-order chi connectivity index (χ1) is 11.3. The highest BCUT2D eigenvalue weighted by Crippen LogP contribution is 2.14. The van der Waals surface area contributed by atoms with Crippen molar-refractivity contribution in [1.82, 2.24) is 5.01 Å². The number of hydrogen-bond acceptors (Lipinski definition) is 3. The van der Waals surface area contributed by atoms with E-state index >= 15 is 0 Å². The van der Waals surface area contributed by atoms with Crippen LogP contribution in [0.5, 0.6) is 0 Å². The summed E-state index contributed by atoms with van der Waals surface area (Å²) in [7, 11) is 0. The summed E-state index contributed by atoms with van der Waals surface area (Å²) in [6, 6.07) is 0. The fourth-order valence-corrected chi connectivity index (χ4v) is 3.38. The molecule has 0 saturated heterocycles. The number of unbranched alkanes of at least 4 members (excludes halogenated alkanes) is 14. The van der Waals surface area contributed by atoms with Gasteiger partial charge in [0.05, 0.1) is 13.1 Å². The van der Waals surface area contributed by atoms with Gasteiger partial charge in [-0.1, -0.05) is 96.8 Å². The standard InChI is InChI=1S/C20H41N3/c1-2-3-4-5-6-7-8-9-10-11-12-13-14-15-16-17-20-22-18-19-23(20)21/h2-19,21H2,1H3. The van der Waals surface area contributed by atoms with Crippen LogP contribution < -0.4 is 5.84 Å². The Hall–Kier alpha value is -0.570. The lowest BCUT2D eigenvalue weighted by Gasteiger charge is -2.12. The van der Waals surface area contributed by atoms with Gasteiger partial charge < -0.3 is 0 Å². The molecule has 0 bridgehead atoms. The molecule has 1 aliphatic rings. The summed E-state index contributed by atoms with van der Waals surface area (Å²) in [5.41, 5.74) is 0. The maximum absolute atomic E-state index is 5.84. The molecule has 23 heavy (non-hydrogen) atoms. The summed E-state index contributed by atoms with van der Waals surface area (Å²) in [5.74, 6) is 6.97. The minimum atomic E-state index is 0.893. The summed E-state index contributed by atoms with van der Waals surface area (Å²) < 4.78 is 0. The molecule has 1 aliphatic heterocycles. The molecule has 3 nitrogen and oxygen atoms in total. The van der Waals surface area contributed by atoms with Crippen LogP contribution in [0.3, 0.4) is 0 Å². The maximum Gasteiger partial charge on any atom is 0.113 e. The predicted octanol–water partition coefficient (Wildman–Crippen LogP) is 5.84. The van der Waals surface area contributed by atoms with Gasteiger partial charge >= 0.3 is 0 Å². The van der Waals surface area contributed by atoms with Crippen molar-refractivity contribution in [2.45, 2.75) is 110 Å². The van der Waals surface area contributed by atoms with Crippen molar-refractivity contribution in [3.63, 3.8) is 0 Å². The van der Waals surface area contributed by atoms with Crippen LogP contribution in [-0.4, -0.2) is 23.9 Å². The number of aliphatic imine (C=N–C) groups is 1. The van der Waals surface area contributed by atoms with E-state index in [4.69, 9.17) is 5.84 Å². The van der Waals surface area contributed by atoms with Gasteiger partial charge in [0.2, 0.25) is 0 Å². The molecule has 3 heteroatoms. The number of rotatable bonds is 16. The van der Waals surface area contributed by atoms with E-state index < -0.39 is 0 Å². The first-order valence-electron chi connectivity index (χ1n) is 10.4. The monoisotopic (exact) mass is 323 g/mol. The largest absolute Gasteiger partial charge is 0.297 e. The SMILES string of the molecule is CCCCCCCCCCCCCCCCCC1=NCCN1N. The van der Waals surface area contributed by atoms with Gasteiger partial charge in [-0.3, -0.25) is 10.0 Å². The number of nitrogens with zero attached hydrogens (tertiary/aromatic N) is 2. The molecule has 0 spiro atoms. The smallest absolute Gasteiger partial charge is 0.113 e. The third-order valence-electron chi connectivity index (χ3n) is 4.97. The topological polar surface area (TPSA) is 41.6 Å². The summed E-state index contributed by atoms with van der Waals surface area (Å²) in [4.78, 5) is 4.44. The van der Waals surface area contributed by atoms with E-state index in [-0.39, 0.29) is 0 Å². The molecule has 136 valence electrons. The molecule has 0 fully saturated rings. The Morgan fingerprint density at radius 2 is 1.17 bits per heavy atom. The second-order valence-corrected chi connectivity index (χ2v) is 7.19. The summed E-state index contributed by atoms with van der Waals surface area (Å²) >= 11 is 0.